The highest BCUT2D eigenvalue weighted by Crippen LogP contribution is 2.31. The van der Waals surface area contributed by atoms with Gasteiger partial charge in [0.05, 0.1) is 0 Å². The number of unbranched alkanes of at least 4 members (excludes halogenated alkanes) is 11. The summed E-state index contributed by atoms with van der Waals surface area (Å²) < 4.78 is 0. The predicted octanol–water partition coefficient (Wildman–Crippen LogP) is 9.81. The zero-order valence-corrected chi connectivity index (χ0v) is 18.7. The fraction of sp³-hybridized carbons (Fsp3) is 0.643. The molecule has 0 heteroatoms. The second kappa shape index (κ2) is 14.7. The monoisotopic (exact) mass is 380 g/mol. The Kier molecular flexibility index (Phi) is 12.0. The van der Waals surface area contributed by atoms with Gasteiger partial charge in [0.25, 0.3) is 0 Å². The molecule has 2 rings (SSSR count). The van der Waals surface area contributed by atoms with Crippen LogP contribution in [0.4, 0.5) is 0 Å². The molecule has 0 aromatic heterocycles. The third-order valence-electron chi connectivity index (χ3n) is 6.31. The first-order valence-electron chi connectivity index (χ1n) is 12.3. The summed E-state index contributed by atoms with van der Waals surface area (Å²) in [5.41, 5.74) is 1.58. The zero-order valence-electron chi connectivity index (χ0n) is 18.7. The van der Waals surface area contributed by atoms with Crippen LogP contribution in [0.15, 0.2) is 42.5 Å². The largest absolute Gasteiger partial charge is 0.0654 e. The molecule has 156 valence electrons. The molecule has 0 fully saturated rings. The average molecular weight is 381 g/mol. The van der Waals surface area contributed by atoms with Crippen molar-refractivity contribution in [3.05, 3.63) is 48.0 Å². The van der Waals surface area contributed by atoms with Gasteiger partial charge in [-0.2, -0.15) is 0 Å². The highest BCUT2D eigenvalue weighted by Gasteiger charge is 2.12. The van der Waals surface area contributed by atoms with Crippen LogP contribution in [0, 0.1) is 0 Å². The number of hydrogen-bond acceptors (Lipinski definition) is 0. The van der Waals surface area contributed by atoms with Gasteiger partial charge in [-0.25, -0.2) is 0 Å². The molecule has 0 saturated carbocycles. The normalized spacial score (nSPS) is 12.5. The molecule has 1 unspecified atom stereocenters. The molecule has 0 aliphatic rings. The molecule has 0 radical (unpaired) electrons. The number of rotatable bonds is 16. The van der Waals surface area contributed by atoms with E-state index in [1.54, 1.807) is 5.56 Å². The second-order valence-electron chi connectivity index (χ2n) is 8.77. The van der Waals surface area contributed by atoms with E-state index in [1.165, 1.54) is 107 Å². The van der Waals surface area contributed by atoms with Crippen molar-refractivity contribution in [2.45, 2.75) is 116 Å². The molecular weight excluding hydrogens is 336 g/mol. The van der Waals surface area contributed by atoms with Gasteiger partial charge in [-0.3, -0.25) is 0 Å². The van der Waals surface area contributed by atoms with Gasteiger partial charge < -0.3 is 0 Å². The van der Waals surface area contributed by atoms with E-state index in [-0.39, 0.29) is 0 Å². The van der Waals surface area contributed by atoms with Crippen molar-refractivity contribution in [1.82, 2.24) is 0 Å². The third-order valence-corrected chi connectivity index (χ3v) is 6.31. The van der Waals surface area contributed by atoms with Crippen molar-refractivity contribution in [2.75, 3.05) is 0 Å². The van der Waals surface area contributed by atoms with Crippen molar-refractivity contribution in [3.8, 4) is 0 Å². The maximum atomic E-state index is 2.47. The lowest BCUT2D eigenvalue weighted by Gasteiger charge is -2.18. The predicted molar refractivity (Wildman–Crippen MR) is 127 cm³/mol. The lowest BCUT2D eigenvalue weighted by molar-refractivity contribution is 0.485. The van der Waals surface area contributed by atoms with E-state index in [1.807, 2.05) is 0 Å². The Balaban J connectivity index is 1.85. The first-order chi connectivity index (χ1) is 13.8. The van der Waals surface area contributed by atoms with Crippen LogP contribution >= 0.6 is 0 Å². The molecule has 2 aromatic carbocycles. The Labute approximate surface area is 175 Å². The number of fused-ring (bicyclic) bond motifs is 1. The van der Waals surface area contributed by atoms with Gasteiger partial charge in [-0.15, -0.1) is 0 Å². The lowest BCUT2D eigenvalue weighted by Crippen LogP contribution is -2.00. The number of hydrogen-bond donors (Lipinski definition) is 0. The fourth-order valence-electron chi connectivity index (χ4n) is 4.46. The van der Waals surface area contributed by atoms with E-state index in [0.29, 0.717) is 0 Å². The van der Waals surface area contributed by atoms with Crippen LogP contribution in [0.3, 0.4) is 0 Å². The maximum Gasteiger partial charge on any atom is -0.0162 e. The third kappa shape index (κ3) is 8.80. The Morgan fingerprint density at radius 2 is 1.04 bits per heavy atom. The minimum Gasteiger partial charge on any atom is -0.0654 e. The van der Waals surface area contributed by atoms with Crippen LogP contribution in [-0.4, -0.2) is 0 Å². The summed E-state index contributed by atoms with van der Waals surface area (Å²) in [6.07, 6.45) is 21.1. The first kappa shape index (κ1) is 23.0. The van der Waals surface area contributed by atoms with Crippen molar-refractivity contribution in [3.63, 3.8) is 0 Å². The molecule has 2 aromatic rings. The van der Waals surface area contributed by atoms with Gasteiger partial charge in [0.2, 0.25) is 0 Å². The molecule has 0 nitrogen and oxygen atoms in total. The molecule has 0 saturated heterocycles. The van der Waals surface area contributed by atoms with Crippen molar-refractivity contribution >= 4 is 10.8 Å². The van der Waals surface area contributed by atoms with Crippen LogP contribution in [0.5, 0.6) is 0 Å². The molecule has 0 spiro atoms. The summed E-state index contributed by atoms with van der Waals surface area (Å²) in [5, 5.41) is 2.79. The molecule has 1 atom stereocenters. The Morgan fingerprint density at radius 3 is 1.61 bits per heavy atom. The summed E-state index contributed by atoms with van der Waals surface area (Å²) >= 11 is 0. The van der Waals surface area contributed by atoms with Crippen molar-refractivity contribution in [1.29, 1.82) is 0 Å². The molecule has 0 N–H and O–H groups in total. The van der Waals surface area contributed by atoms with E-state index in [2.05, 4.69) is 56.3 Å². The average Bonchev–Trinajstić information content (AvgIpc) is 2.73. The zero-order chi connectivity index (χ0) is 19.9. The summed E-state index contributed by atoms with van der Waals surface area (Å²) in [5.74, 6) is 0.756. The molecule has 28 heavy (non-hydrogen) atoms. The van der Waals surface area contributed by atoms with E-state index >= 15 is 0 Å². The highest BCUT2D eigenvalue weighted by molar-refractivity contribution is 5.83. The van der Waals surface area contributed by atoms with Crippen molar-refractivity contribution < 1.29 is 0 Å². The van der Waals surface area contributed by atoms with Gasteiger partial charge in [0, 0.05) is 0 Å². The minimum absolute atomic E-state index is 0.756. The Morgan fingerprint density at radius 1 is 0.536 bits per heavy atom. The number of benzene rings is 2. The molecule has 0 bridgehead atoms. The molecule has 0 aliphatic heterocycles. The molecular formula is C28H44. The van der Waals surface area contributed by atoms with E-state index in [0.717, 1.165) is 5.92 Å². The summed E-state index contributed by atoms with van der Waals surface area (Å²) in [6, 6.07) is 16.0. The smallest absolute Gasteiger partial charge is 0.0162 e. The van der Waals surface area contributed by atoms with E-state index in [9.17, 15) is 0 Å². The molecule has 0 aliphatic carbocycles. The maximum absolute atomic E-state index is 2.47. The van der Waals surface area contributed by atoms with Gasteiger partial charge >= 0.3 is 0 Å². The standard InChI is InChI=1S/C28H44/c1-3-5-7-9-11-13-15-19-25(18-14-12-10-8-6-4-2)28-23-22-26-20-16-17-21-27(26)24-28/h16-17,20-25H,3-15,18-19H2,1-2H3. The Bertz CT molecular complexity index is 627. The quantitative estimate of drug-likeness (QED) is 0.254. The van der Waals surface area contributed by atoms with Crippen LogP contribution in [0.1, 0.15) is 122 Å². The van der Waals surface area contributed by atoms with Crippen molar-refractivity contribution in [2.24, 2.45) is 0 Å². The van der Waals surface area contributed by atoms with Gasteiger partial charge in [-0.1, -0.05) is 140 Å². The summed E-state index contributed by atoms with van der Waals surface area (Å²) in [6.45, 7) is 4.61. The van der Waals surface area contributed by atoms with Gasteiger partial charge in [0.1, 0.15) is 0 Å². The Hall–Kier alpha value is -1.30. The first-order valence-corrected chi connectivity index (χ1v) is 12.3. The fourth-order valence-corrected chi connectivity index (χ4v) is 4.46. The molecule has 0 heterocycles. The van der Waals surface area contributed by atoms with Crippen LogP contribution in [0.25, 0.3) is 10.8 Å². The van der Waals surface area contributed by atoms with Crippen LogP contribution in [0.2, 0.25) is 0 Å². The lowest BCUT2D eigenvalue weighted by atomic mass is 9.87. The summed E-state index contributed by atoms with van der Waals surface area (Å²) in [4.78, 5) is 0. The SMILES string of the molecule is CCCCCCCCCC(CCCCCCCC)c1ccc2ccccc2c1. The second-order valence-corrected chi connectivity index (χ2v) is 8.77. The minimum atomic E-state index is 0.756. The van der Waals surface area contributed by atoms with Crippen LogP contribution in [-0.2, 0) is 0 Å². The van der Waals surface area contributed by atoms with Gasteiger partial charge in [0.15, 0.2) is 0 Å². The highest BCUT2D eigenvalue weighted by atomic mass is 14.2. The van der Waals surface area contributed by atoms with Gasteiger partial charge in [-0.05, 0) is 35.1 Å². The van der Waals surface area contributed by atoms with Crippen LogP contribution < -0.4 is 0 Å². The summed E-state index contributed by atoms with van der Waals surface area (Å²) in [7, 11) is 0. The molecule has 0 amide bonds. The van der Waals surface area contributed by atoms with E-state index in [4.69, 9.17) is 0 Å². The van der Waals surface area contributed by atoms with E-state index < -0.39 is 0 Å². The topological polar surface area (TPSA) is 0 Å².